The SMILES string of the molecule is C=CCCCCCCC(C=CCC(C)C)=CC(C)C. The summed E-state index contributed by atoms with van der Waals surface area (Å²) in [6, 6.07) is 0. The first-order valence-corrected chi connectivity index (χ1v) is 8.04. The quantitative estimate of drug-likeness (QED) is 0.221. The van der Waals surface area contributed by atoms with E-state index in [9.17, 15) is 0 Å². The predicted molar refractivity (Wildman–Crippen MR) is 89.4 cm³/mol. The fraction of sp³-hybridized carbons (Fsp3) is 0.684. The fourth-order valence-electron chi connectivity index (χ4n) is 2.11. The fourth-order valence-corrected chi connectivity index (χ4v) is 2.11. The molecule has 0 atom stereocenters. The summed E-state index contributed by atoms with van der Waals surface area (Å²) in [5.41, 5.74) is 1.53. The highest BCUT2D eigenvalue weighted by Gasteiger charge is 1.97. The highest BCUT2D eigenvalue weighted by atomic mass is 14.0. The van der Waals surface area contributed by atoms with E-state index in [0.717, 1.165) is 5.92 Å². The van der Waals surface area contributed by atoms with Crippen LogP contribution in [0, 0.1) is 11.8 Å². The molecule has 0 radical (unpaired) electrons. The van der Waals surface area contributed by atoms with E-state index in [4.69, 9.17) is 0 Å². The average molecular weight is 262 g/mol. The third kappa shape index (κ3) is 13.5. The largest absolute Gasteiger partial charge is 0.103 e. The molecule has 0 unspecified atom stereocenters. The van der Waals surface area contributed by atoms with Gasteiger partial charge in [-0.25, -0.2) is 0 Å². The predicted octanol–water partition coefficient (Wildman–Crippen LogP) is 6.70. The van der Waals surface area contributed by atoms with Gasteiger partial charge in [0.2, 0.25) is 0 Å². The summed E-state index contributed by atoms with van der Waals surface area (Å²) in [7, 11) is 0. The highest BCUT2D eigenvalue weighted by Crippen LogP contribution is 2.15. The summed E-state index contributed by atoms with van der Waals surface area (Å²) in [4.78, 5) is 0. The minimum atomic E-state index is 0.652. The van der Waals surface area contributed by atoms with Gasteiger partial charge < -0.3 is 0 Å². The lowest BCUT2D eigenvalue weighted by atomic mass is 10.0. The zero-order valence-electron chi connectivity index (χ0n) is 13.6. The van der Waals surface area contributed by atoms with Crippen LogP contribution in [0.25, 0.3) is 0 Å². The van der Waals surface area contributed by atoms with Gasteiger partial charge in [-0.1, -0.05) is 70.4 Å². The van der Waals surface area contributed by atoms with E-state index in [0.29, 0.717) is 5.92 Å². The molecular weight excluding hydrogens is 228 g/mol. The molecule has 0 saturated heterocycles. The van der Waals surface area contributed by atoms with E-state index in [1.54, 1.807) is 0 Å². The lowest BCUT2D eigenvalue weighted by Crippen LogP contribution is -1.88. The van der Waals surface area contributed by atoms with E-state index in [2.05, 4.69) is 52.5 Å². The minimum Gasteiger partial charge on any atom is -0.103 e. The molecule has 0 bridgehead atoms. The normalized spacial score (nSPS) is 12.8. The second-order valence-corrected chi connectivity index (χ2v) is 6.26. The van der Waals surface area contributed by atoms with Gasteiger partial charge in [-0.05, 0) is 43.9 Å². The van der Waals surface area contributed by atoms with Crippen molar-refractivity contribution in [2.24, 2.45) is 11.8 Å². The maximum Gasteiger partial charge on any atom is -0.0282 e. The monoisotopic (exact) mass is 262 g/mol. The van der Waals surface area contributed by atoms with Crippen molar-refractivity contribution in [1.29, 1.82) is 0 Å². The molecule has 0 N–H and O–H groups in total. The Bertz CT molecular complexity index is 266. The third-order valence-corrected chi connectivity index (χ3v) is 3.11. The van der Waals surface area contributed by atoms with Crippen LogP contribution in [0.15, 0.2) is 36.5 Å². The molecule has 0 heteroatoms. The molecule has 0 spiro atoms. The first-order valence-electron chi connectivity index (χ1n) is 8.04. The molecule has 0 rings (SSSR count). The van der Waals surface area contributed by atoms with Gasteiger partial charge in [0.1, 0.15) is 0 Å². The van der Waals surface area contributed by atoms with Crippen LogP contribution in [0.1, 0.15) is 72.6 Å². The molecule has 0 aromatic carbocycles. The van der Waals surface area contributed by atoms with Crippen molar-refractivity contribution in [3.05, 3.63) is 36.5 Å². The third-order valence-electron chi connectivity index (χ3n) is 3.11. The van der Waals surface area contributed by atoms with Crippen molar-refractivity contribution in [3.63, 3.8) is 0 Å². The molecule has 0 nitrogen and oxygen atoms in total. The first-order chi connectivity index (χ1) is 9.06. The van der Waals surface area contributed by atoms with Crippen LogP contribution < -0.4 is 0 Å². The average Bonchev–Trinajstić information content (AvgIpc) is 2.32. The lowest BCUT2D eigenvalue weighted by molar-refractivity contribution is 0.643. The van der Waals surface area contributed by atoms with Crippen LogP contribution in [-0.4, -0.2) is 0 Å². The van der Waals surface area contributed by atoms with Gasteiger partial charge in [-0.15, -0.1) is 6.58 Å². The highest BCUT2D eigenvalue weighted by molar-refractivity contribution is 5.19. The van der Waals surface area contributed by atoms with Crippen molar-refractivity contribution < 1.29 is 0 Å². The van der Waals surface area contributed by atoms with Gasteiger partial charge in [-0.2, -0.15) is 0 Å². The molecule has 0 aliphatic heterocycles. The molecule has 0 fully saturated rings. The van der Waals surface area contributed by atoms with Crippen molar-refractivity contribution in [2.75, 3.05) is 0 Å². The Hall–Kier alpha value is -0.780. The van der Waals surface area contributed by atoms with Crippen LogP contribution >= 0.6 is 0 Å². The second kappa shape index (κ2) is 12.3. The van der Waals surface area contributed by atoms with Gasteiger partial charge in [-0.3, -0.25) is 0 Å². The molecule has 0 aromatic heterocycles. The van der Waals surface area contributed by atoms with Crippen LogP contribution in [0.3, 0.4) is 0 Å². The summed E-state index contributed by atoms with van der Waals surface area (Å²) >= 11 is 0. The number of allylic oxidation sites excluding steroid dienone is 5. The number of rotatable bonds is 11. The van der Waals surface area contributed by atoms with Gasteiger partial charge in [0, 0.05) is 0 Å². The molecule has 0 aliphatic rings. The molecular formula is C19H34. The van der Waals surface area contributed by atoms with Crippen molar-refractivity contribution >= 4 is 0 Å². The summed E-state index contributed by atoms with van der Waals surface area (Å²) in [5.74, 6) is 1.41. The summed E-state index contributed by atoms with van der Waals surface area (Å²) in [6.07, 6.45) is 18.0. The minimum absolute atomic E-state index is 0.652. The van der Waals surface area contributed by atoms with Gasteiger partial charge in [0.15, 0.2) is 0 Å². The molecule has 19 heavy (non-hydrogen) atoms. The molecule has 0 aliphatic carbocycles. The van der Waals surface area contributed by atoms with Gasteiger partial charge in [0.25, 0.3) is 0 Å². The molecule has 110 valence electrons. The Morgan fingerprint density at radius 3 is 2.26 bits per heavy atom. The summed E-state index contributed by atoms with van der Waals surface area (Å²) in [6.45, 7) is 12.8. The molecule has 0 heterocycles. The van der Waals surface area contributed by atoms with E-state index in [-0.39, 0.29) is 0 Å². The molecule has 0 saturated carbocycles. The van der Waals surface area contributed by atoms with Crippen LogP contribution in [0.5, 0.6) is 0 Å². The maximum absolute atomic E-state index is 3.77. The first kappa shape index (κ1) is 18.2. The lowest BCUT2D eigenvalue weighted by Gasteiger charge is -2.06. The van der Waals surface area contributed by atoms with Crippen molar-refractivity contribution in [3.8, 4) is 0 Å². The van der Waals surface area contributed by atoms with Gasteiger partial charge in [0.05, 0.1) is 0 Å². The van der Waals surface area contributed by atoms with E-state index in [1.165, 1.54) is 50.5 Å². The Balaban J connectivity index is 4.01. The summed E-state index contributed by atoms with van der Waals surface area (Å²) in [5, 5.41) is 0. The topological polar surface area (TPSA) is 0 Å². The number of unbranched alkanes of at least 4 members (excludes halogenated alkanes) is 4. The second-order valence-electron chi connectivity index (χ2n) is 6.26. The van der Waals surface area contributed by atoms with Crippen LogP contribution in [0.4, 0.5) is 0 Å². The van der Waals surface area contributed by atoms with E-state index in [1.807, 2.05) is 6.08 Å². The maximum atomic E-state index is 3.77. The van der Waals surface area contributed by atoms with Gasteiger partial charge >= 0.3 is 0 Å². The Morgan fingerprint density at radius 2 is 1.68 bits per heavy atom. The molecule has 0 aromatic rings. The van der Waals surface area contributed by atoms with E-state index < -0.39 is 0 Å². The van der Waals surface area contributed by atoms with Crippen LogP contribution in [0.2, 0.25) is 0 Å². The Labute approximate surface area is 121 Å². The number of hydrogen-bond donors (Lipinski definition) is 0. The standard InChI is InChI=1S/C19H34/c1-6-7-8-9-10-11-14-19(16-18(4)5)15-12-13-17(2)3/h6,12,15-18H,1,7-11,13-14H2,2-5H3. The zero-order chi connectivity index (χ0) is 14.5. The van der Waals surface area contributed by atoms with Crippen LogP contribution in [-0.2, 0) is 0 Å². The Kier molecular flexibility index (Phi) is 11.8. The van der Waals surface area contributed by atoms with E-state index >= 15 is 0 Å². The smallest absolute Gasteiger partial charge is 0.0282 e. The summed E-state index contributed by atoms with van der Waals surface area (Å²) < 4.78 is 0. The van der Waals surface area contributed by atoms with Crippen molar-refractivity contribution in [1.82, 2.24) is 0 Å². The molecule has 0 amide bonds. The number of hydrogen-bond acceptors (Lipinski definition) is 0. The Morgan fingerprint density at radius 1 is 1.00 bits per heavy atom. The zero-order valence-corrected chi connectivity index (χ0v) is 13.6. The van der Waals surface area contributed by atoms with Crippen molar-refractivity contribution in [2.45, 2.75) is 72.6 Å².